The van der Waals surface area contributed by atoms with Crippen LogP contribution in [0.5, 0.6) is 0 Å². The number of nitrogens with one attached hydrogen (secondary N) is 1. The lowest BCUT2D eigenvalue weighted by molar-refractivity contribution is 0.539. The Bertz CT molecular complexity index is 655. The Labute approximate surface area is 134 Å². The van der Waals surface area contributed by atoms with E-state index in [1.54, 1.807) is 23.5 Å². The first-order valence-electron chi connectivity index (χ1n) is 6.55. The normalized spacial score (nSPS) is 13.2. The van der Waals surface area contributed by atoms with Gasteiger partial charge in [-0.1, -0.05) is 30.7 Å². The highest BCUT2D eigenvalue weighted by Crippen LogP contribution is 2.14. The third kappa shape index (κ3) is 5.74. The van der Waals surface area contributed by atoms with E-state index in [2.05, 4.69) is 15.8 Å². The largest absolute Gasteiger partial charge is 0.244 e. The number of aromatic nitrogens is 1. The van der Waals surface area contributed by atoms with Gasteiger partial charge in [0.05, 0.1) is 5.75 Å². The van der Waals surface area contributed by atoms with Crippen molar-refractivity contribution < 1.29 is 8.42 Å². The number of hydrogen-bond acceptors (Lipinski definition) is 4. The lowest BCUT2D eigenvalue weighted by atomic mass is 10.1. The first-order chi connectivity index (χ1) is 9.94. The molecule has 0 aromatic carbocycles. The lowest BCUT2D eigenvalue weighted by Crippen LogP contribution is -2.30. The molecule has 2 aromatic heterocycles. The number of halogens is 1. The van der Waals surface area contributed by atoms with Crippen molar-refractivity contribution in [3.05, 3.63) is 51.4 Å². The van der Waals surface area contributed by atoms with Gasteiger partial charge in [-0.3, -0.25) is 0 Å². The van der Waals surface area contributed by atoms with Crippen molar-refractivity contribution in [2.24, 2.45) is 5.92 Å². The van der Waals surface area contributed by atoms with Crippen LogP contribution in [0.25, 0.3) is 0 Å². The Morgan fingerprint density at radius 3 is 2.81 bits per heavy atom. The Hall–Kier alpha value is -0.950. The summed E-state index contributed by atoms with van der Waals surface area (Å²) in [6, 6.07) is 7.33. The smallest absolute Gasteiger partial charge is 0.215 e. The van der Waals surface area contributed by atoms with Crippen LogP contribution in [0.3, 0.4) is 0 Å². The van der Waals surface area contributed by atoms with Gasteiger partial charge in [0.25, 0.3) is 0 Å². The average Bonchev–Trinajstić information content (AvgIpc) is 2.92. The molecule has 0 unspecified atom stereocenters. The fraction of sp³-hybridized carbons (Fsp3) is 0.357. The van der Waals surface area contributed by atoms with E-state index in [9.17, 15) is 8.42 Å². The predicted molar refractivity (Wildman–Crippen MR) is 87.1 cm³/mol. The van der Waals surface area contributed by atoms with Crippen LogP contribution < -0.4 is 4.72 Å². The predicted octanol–water partition coefficient (Wildman–Crippen LogP) is 3.09. The van der Waals surface area contributed by atoms with Gasteiger partial charge in [0.2, 0.25) is 10.0 Å². The van der Waals surface area contributed by atoms with E-state index >= 15 is 0 Å². The van der Waals surface area contributed by atoms with Crippen molar-refractivity contribution in [1.82, 2.24) is 9.71 Å². The van der Waals surface area contributed by atoms with Crippen LogP contribution in [-0.2, 0) is 22.2 Å². The topological polar surface area (TPSA) is 59.1 Å². The van der Waals surface area contributed by atoms with E-state index in [0.717, 1.165) is 6.42 Å². The van der Waals surface area contributed by atoms with Crippen LogP contribution >= 0.6 is 22.9 Å². The van der Waals surface area contributed by atoms with Crippen molar-refractivity contribution in [1.29, 1.82) is 0 Å². The molecule has 2 aromatic rings. The second kappa shape index (κ2) is 7.35. The van der Waals surface area contributed by atoms with Gasteiger partial charge < -0.3 is 0 Å². The number of hydrogen-bond donors (Lipinski definition) is 1. The highest BCUT2D eigenvalue weighted by atomic mass is 35.5. The first-order valence-corrected chi connectivity index (χ1v) is 9.46. The van der Waals surface area contributed by atoms with Gasteiger partial charge in [0.1, 0.15) is 5.15 Å². The fourth-order valence-corrected chi connectivity index (χ4v) is 4.11. The SMILES string of the molecule is C[C@@H](CNS(=O)(=O)Cc1ccc(Cl)nc1)Cc1cccs1. The summed E-state index contributed by atoms with van der Waals surface area (Å²) in [6.45, 7) is 2.47. The van der Waals surface area contributed by atoms with Crippen LogP contribution in [0.4, 0.5) is 0 Å². The number of thiophene rings is 1. The minimum absolute atomic E-state index is 0.0805. The summed E-state index contributed by atoms with van der Waals surface area (Å²) >= 11 is 7.37. The summed E-state index contributed by atoms with van der Waals surface area (Å²) in [5, 5.41) is 2.38. The Kier molecular flexibility index (Phi) is 5.75. The molecule has 2 heterocycles. The molecule has 1 N–H and O–H groups in total. The maximum Gasteiger partial charge on any atom is 0.215 e. The van der Waals surface area contributed by atoms with Crippen molar-refractivity contribution >= 4 is 33.0 Å². The van der Waals surface area contributed by atoms with Gasteiger partial charge in [0, 0.05) is 17.6 Å². The maximum absolute atomic E-state index is 12.0. The Morgan fingerprint density at radius 1 is 1.38 bits per heavy atom. The molecule has 7 heteroatoms. The van der Waals surface area contributed by atoms with Crippen LogP contribution in [0.1, 0.15) is 17.4 Å². The van der Waals surface area contributed by atoms with E-state index in [-0.39, 0.29) is 11.7 Å². The van der Waals surface area contributed by atoms with Gasteiger partial charge in [-0.05, 0) is 35.4 Å². The molecule has 0 amide bonds. The Morgan fingerprint density at radius 2 is 2.19 bits per heavy atom. The summed E-state index contributed by atoms with van der Waals surface area (Å²) in [6.07, 6.45) is 2.36. The molecular weight excluding hydrogens is 328 g/mol. The van der Waals surface area contributed by atoms with E-state index < -0.39 is 10.0 Å². The van der Waals surface area contributed by atoms with Crippen molar-refractivity contribution in [2.45, 2.75) is 19.1 Å². The molecule has 0 aliphatic rings. The molecule has 0 aliphatic heterocycles. The molecule has 4 nitrogen and oxygen atoms in total. The first kappa shape index (κ1) is 16.4. The average molecular weight is 345 g/mol. The van der Waals surface area contributed by atoms with Crippen LogP contribution in [0.2, 0.25) is 5.15 Å². The van der Waals surface area contributed by atoms with E-state index in [1.807, 2.05) is 18.4 Å². The van der Waals surface area contributed by atoms with Gasteiger partial charge >= 0.3 is 0 Å². The van der Waals surface area contributed by atoms with Gasteiger partial charge in [-0.2, -0.15) is 0 Å². The molecule has 0 saturated heterocycles. The molecule has 1 atom stereocenters. The zero-order valence-corrected chi connectivity index (χ0v) is 14.0. The summed E-state index contributed by atoms with van der Waals surface area (Å²) in [7, 11) is -3.35. The number of sulfonamides is 1. The van der Waals surface area contributed by atoms with Gasteiger partial charge in [0.15, 0.2) is 0 Å². The van der Waals surface area contributed by atoms with E-state index in [0.29, 0.717) is 17.3 Å². The minimum atomic E-state index is -3.35. The number of nitrogens with zero attached hydrogens (tertiary/aromatic N) is 1. The fourth-order valence-electron chi connectivity index (χ4n) is 1.88. The summed E-state index contributed by atoms with van der Waals surface area (Å²) < 4.78 is 26.7. The molecular formula is C14H17ClN2O2S2. The van der Waals surface area contributed by atoms with Crippen molar-refractivity contribution in [2.75, 3.05) is 6.54 Å². The third-order valence-corrected chi connectivity index (χ3v) is 5.37. The molecule has 0 radical (unpaired) electrons. The molecule has 114 valence electrons. The standard InChI is InChI=1S/C14H17ClN2O2S2/c1-11(7-13-3-2-6-20-13)8-17-21(18,19)10-12-4-5-14(15)16-9-12/h2-6,9,11,17H,7-8,10H2,1H3/t11-/m1/s1. The summed E-state index contributed by atoms with van der Waals surface area (Å²) in [5.74, 6) is 0.171. The number of rotatable bonds is 7. The Balaban J connectivity index is 1.84. The molecule has 0 spiro atoms. The highest BCUT2D eigenvalue weighted by molar-refractivity contribution is 7.88. The van der Waals surface area contributed by atoms with Gasteiger partial charge in [-0.15, -0.1) is 11.3 Å². The number of pyridine rings is 1. The molecule has 0 saturated carbocycles. The molecule has 2 rings (SSSR count). The molecule has 21 heavy (non-hydrogen) atoms. The van der Waals surface area contributed by atoms with Crippen molar-refractivity contribution in [3.63, 3.8) is 0 Å². The minimum Gasteiger partial charge on any atom is -0.244 e. The molecule has 0 aliphatic carbocycles. The quantitative estimate of drug-likeness (QED) is 0.785. The summed E-state index contributed by atoms with van der Waals surface area (Å²) in [4.78, 5) is 5.15. The van der Waals surface area contributed by atoms with Crippen molar-refractivity contribution in [3.8, 4) is 0 Å². The van der Waals surface area contributed by atoms with Crippen LogP contribution in [0.15, 0.2) is 35.8 Å². The molecule has 0 bridgehead atoms. The van der Waals surface area contributed by atoms with Crippen LogP contribution in [0, 0.1) is 5.92 Å². The molecule has 0 fully saturated rings. The van der Waals surface area contributed by atoms with E-state index in [4.69, 9.17) is 11.6 Å². The third-order valence-electron chi connectivity index (χ3n) is 2.93. The lowest BCUT2D eigenvalue weighted by Gasteiger charge is -2.12. The monoisotopic (exact) mass is 344 g/mol. The highest BCUT2D eigenvalue weighted by Gasteiger charge is 2.14. The summed E-state index contributed by atoms with van der Waals surface area (Å²) in [5.41, 5.74) is 0.623. The second-order valence-corrected chi connectivity index (χ2v) is 8.21. The zero-order chi connectivity index (χ0) is 15.3. The van der Waals surface area contributed by atoms with E-state index in [1.165, 1.54) is 11.1 Å². The maximum atomic E-state index is 12.0. The zero-order valence-electron chi connectivity index (χ0n) is 11.6. The van der Waals surface area contributed by atoms with Gasteiger partial charge in [-0.25, -0.2) is 18.1 Å². The second-order valence-electron chi connectivity index (χ2n) is 4.99. The van der Waals surface area contributed by atoms with Crippen LogP contribution in [-0.4, -0.2) is 19.9 Å².